The quantitative estimate of drug-likeness (QED) is 0.190. The summed E-state index contributed by atoms with van der Waals surface area (Å²) in [5.74, 6) is 0.997. The molecule has 218 valence electrons. The summed E-state index contributed by atoms with van der Waals surface area (Å²) in [6.07, 6.45) is 14.5. The molecule has 1 aromatic carbocycles. The monoisotopic (exact) mass is 530 g/mol. The fraction of sp³-hybridized carbons (Fsp3) is 0.824. The van der Waals surface area contributed by atoms with E-state index in [1.165, 1.54) is 11.1 Å². The van der Waals surface area contributed by atoms with Crippen LogP contribution >= 0.6 is 0 Å². The van der Waals surface area contributed by atoms with Gasteiger partial charge in [-0.15, -0.1) is 0 Å². The molecule has 2 aliphatic carbocycles. The third-order valence-corrected chi connectivity index (χ3v) is 9.98. The van der Waals surface area contributed by atoms with Crippen LogP contribution in [0.25, 0.3) is 0 Å². The van der Waals surface area contributed by atoms with Crippen LogP contribution in [0.3, 0.4) is 0 Å². The van der Waals surface area contributed by atoms with E-state index >= 15 is 0 Å². The van der Waals surface area contributed by atoms with Crippen LogP contribution in [-0.2, 0) is 0 Å². The van der Waals surface area contributed by atoms with Gasteiger partial charge in [-0.25, -0.2) is 0 Å². The van der Waals surface area contributed by atoms with E-state index in [-0.39, 0.29) is 48.1 Å². The Bertz CT molecular complexity index is 751. The number of aliphatic hydroxyl groups excluding tert-OH is 4. The van der Waals surface area contributed by atoms with Crippen molar-refractivity contribution in [3.05, 3.63) is 35.4 Å². The van der Waals surface area contributed by atoms with E-state index in [0.29, 0.717) is 11.8 Å². The summed E-state index contributed by atoms with van der Waals surface area (Å²) in [6.45, 7) is 8.95. The largest absolute Gasteiger partial charge is 0.396 e. The van der Waals surface area contributed by atoms with Gasteiger partial charge in [-0.1, -0.05) is 90.5 Å². The van der Waals surface area contributed by atoms with E-state index in [0.717, 1.165) is 89.9 Å². The zero-order valence-electron chi connectivity index (χ0n) is 24.9. The lowest BCUT2D eigenvalue weighted by molar-refractivity contribution is 0.0350. The van der Waals surface area contributed by atoms with Crippen molar-refractivity contribution < 1.29 is 20.4 Å². The smallest absolute Gasteiger partial charge is 0.0636 e. The second-order valence-electron chi connectivity index (χ2n) is 14.3. The third kappa shape index (κ3) is 8.78. The zero-order valence-corrected chi connectivity index (χ0v) is 24.9. The summed E-state index contributed by atoms with van der Waals surface area (Å²) >= 11 is 0. The Hall–Kier alpha value is -0.940. The van der Waals surface area contributed by atoms with Crippen molar-refractivity contribution in [2.24, 2.45) is 22.7 Å². The highest BCUT2D eigenvalue weighted by Gasteiger charge is 2.38. The molecule has 4 N–H and O–H groups in total. The Morgan fingerprint density at radius 1 is 0.632 bits per heavy atom. The summed E-state index contributed by atoms with van der Waals surface area (Å²) in [7, 11) is 0. The highest BCUT2D eigenvalue weighted by atomic mass is 16.3. The first-order chi connectivity index (χ1) is 18.1. The summed E-state index contributed by atoms with van der Waals surface area (Å²) in [5.41, 5.74) is 2.53. The van der Waals surface area contributed by atoms with Crippen molar-refractivity contribution in [3.8, 4) is 0 Å². The molecular formula is C34H58O4. The number of hydrogen-bond acceptors (Lipinski definition) is 4. The third-order valence-electron chi connectivity index (χ3n) is 9.98. The van der Waals surface area contributed by atoms with Gasteiger partial charge in [0.1, 0.15) is 0 Å². The molecular weight excluding hydrogens is 472 g/mol. The van der Waals surface area contributed by atoms with Gasteiger partial charge in [0.2, 0.25) is 0 Å². The van der Waals surface area contributed by atoms with Gasteiger partial charge in [0.15, 0.2) is 0 Å². The summed E-state index contributed by atoms with van der Waals surface area (Å²) in [5, 5.41) is 42.2. The number of benzene rings is 1. The number of rotatable bonds is 14. The second-order valence-corrected chi connectivity index (χ2v) is 14.3. The number of aliphatic hydroxyl groups is 4. The van der Waals surface area contributed by atoms with Crippen LogP contribution in [0.2, 0.25) is 0 Å². The minimum absolute atomic E-state index is 0.0125. The first-order valence-corrected chi connectivity index (χ1v) is 15.8. The van der Waals surface area contributed by atoms with Crippen LogP contribution in [0.15, 0.2) is 24.3 Å². The van der Waals surface area contributed by atoms with Crippen molar-refractivity contribution in [2.75, 3.05) is 13.2 Å². The predicted molar refractivity (Wildman–Crippen MR) is 157 cm³/mol. The SMILES string of the molecule is CC(C)(CO)CCCCC1CCCC(c2ccccc2C2CCCC(CCCCC(C)(C)CO)C2O)C1O. The average molecular weight is 531 g/mol. The molecule has 2 fully saturated rings. The molecule has 0 heterocycles. The fourth-order valence-corrected chi connectivity index (χ4v) is 7.21. The average Bonchev–Trinajstić information content (AvgIpc) is 2.91. The molecule has 0 amide bonds. The van der Waals surface area contributed by atoms with Crippen molar-refractivity contribution in [1.82, 2.24) is 0 Å². The van der Waals surface area contributed by atoms with Gasteiger partial charge < -0.3 is 20.4 Å². The maximum absolute atomic E-state index is 11.5. The van der Waals surface area contributed by atoms with Crippen LogP contribution in [-0.4, -0.2) is 45.8 Å². The van der Waals surface area contributed by atoms with Crippen LogP contribution < -0.4 is 0 Å². The van der Waals surface area contributed by atoms with Gasteiger partial charge in [-0.3, -0.25) is 0 Å². The van der Waals surface area contributed by atoms with Gasteiger partial charge in [0.25, 0.3) is 0 Å². The molecule has 6 atom stereocenters. The molecule has 0 saturated heterocycles. The standard InChI is InChI=1S/C34H58O4/c1-33(2,23-35)21-9-7-13-25-15-11-19-29(31(25)37)27-17-5-6-18-28(27)30-20-12-16-26(32(30)38)14-8-10-22-34(3,4)24-36/h5-6,17-18,25-26,29-32,35-38H,7-16,19-24H2,1-4H3. The second kappa shape index (κ2) is 14.6. The van der Waals surface area contributed by atoms with Crippen LogP contribution in [0, 0.1) is 22.7 Å². The molecule has 4 heteroatoms. The molecule has 0 spiro atoms. The lowest BCUT2D eigenvalue weighted by atomic mass is 9.68. The first kappa shape index (κ1) is 31.6. The zero-order chi connectivity index (χ0) is 27.8. The maximum atomic E-state index is 11.5. The van der Waals surface area contributed by atoms with Gasteiger partial charge in [0, 0.05) is 25.0 Å². The summed E-state index contributed by atoms with van der Waals surface area (Å²) in [4.78, 5) is 0. The van der Waals surface area contributed by atoms with E-state index < -0.39 is 0 Å². The van der Waals surface area contributed by atoms with Crippen LogP contribution in [0.4, 0.5) is 0 Å². The van der Waals surface area contributed by atoms with Gasteiger partial charge >= 0.3 is 0 Å². The molecule has 0 aliphatic heterocycles. The van der Waals surface area contributed by atoms with Gasteiger partial charge in [-0.2, -0.15) is 0 Å². The molecule has 0 bridgehead atoms. The highest BCUT2D eigenvalue weighted by molar-refractivity contribution is 5.36. The number of unbranched alkanes of at least 4 members (excludes halogenated alkanes) is 2. The summed E-state index contributed by atoms with van der Waals surface area (Å²) < 4.78 is 0. The van der Waals surface area contributed by atoms with Gasteiger partial charge in [-0.05, 0) is 85.2 Å². The molecule has 2 saturated carbocycles. The molecule has 0 radical (unpaired) electrons. The lowest BCUT2D eigenvalue weighted by Crippen LogP contribution is -2.35. The Labute approximate surface area is 233 Å². The van der Waals surface area contributed by atoms with E-state index in [1.807, 2.05) is 0 Å². The van der Waals surface area contributed by atoms with Crippen molar-refractivity contribution in [2.45, 2.75) is 142 Å². The van der Waals surface area contributed by atoms with Crippen molar-refractivity contribution in [1.29, 1.82) is 0 Å². The molecule has 3 rings (SSSR count). The Kier molecular flexibility index (Phi) is 12.2. The number of hydrogen-bond donors (Lipinski definition) is 4. The first-order valence-electron chi connectivity index (χ1n) is 15.8. The van der Waals surface area contributed by atoms with Crippen LogP contribution in [0.5, 0.6) is 0 Å². The molecule has 38 heavy (non-hydrogen) atoms. The molecule has 1 aromatic rings. The van der Waals surface area contributed by atoms with E-state index in [4.69, 9.17) is 0 Å². The topological polar surface area (TPSA) is 80.9 Å². The van der Waals surface area contributed by atoms with E-state index in [2.05, 4.69) is 52.0 Å². The molecule has 0 aromatic heterocycles. The van der Waals surface area contributed by atoms with Crippen LogP contribution in [0.1, 0.15) is 141 Å². The normalized spacial score (nSPS) is 28.9. The molecule has 2 aliphatic rings. The van der Waals surface area contributed by atoms with E-state index in [9.17, 15) is 20.4 Å². The minimum atomic E-state index is -0.317. The summed E-state index contributed by atoms with van der Waals surface area (Å²) in [6, 6.07) is 8.68. The fourth-order valence-electron chi connectivity index (χ4n) is 7.21. The van der Waals surface area contributed by atoms with E-state index in [1.54, 1.807) is 0 Å². The predicted octanol–water partition coefficient (Wildman–Crippen LogP) is 7.33. The maximum Gasteiger partial charge on any atom is 0.0636 e. The molecule has 6 unspecified atom stereocenters. The Morgan fingerprint density at radius 3 is 1.39 bits per heavy atom. The lowest BCUT2D eigenvalue weighted by Gasteiger charge is -2.40. The van der Waals surface area contributed by atoms with Crippen molar-refractivity contribution >= 4 is 0 Å². The highest BCUT2D eigenvalue weighted by Crippen LogP contribution is 2.45. The van der Waals surface area contributed by atoms with Gasteiger partial charge in [0.05, 0.1) is 12.2 Å². The minimum Gasteiger partial charge on any atom is -0.396 e. The Morgan fingerprint density at radius 2 is 1.03 bits per heavy atom. The Balaban J connectivity index is 1.62. The van der Waals surface area contributed by atoms with Crippen molar-refractivity contribution in [3.63, 3.8) is 0 Å². The molecule has 4 nitrogen and oxygen atoms in total.